The maximum absolute atomic E-state index is 13.9. The van der Waals surface area contributed by atoms with Crippen molar-refractivity contribution in [1.29, 1.82) is 0 Å². The molecular weight excluding hydrogens is 376 g/mol. The average molecular weight is 396 g/mol. The van der Waals surface area contributed by atoms with Gasteiger partial charge in [-0.25, -0.2) is 4.39 Å². The van der Waals surface area contributed by atoms with Crippen LogP contribution in [0.2, 0.25) is 10.0 Å². The van der Waals surface area contributed by atoms with Crippen LogP contribution in [0.5, 0.6) is 0 Å². The topological polar surface area (TPSA) is 35.6 Å². The van der Waals surface area contributed by atoms with Crippen molar-refractivity contribution in [3.63, 3.8) is 0 Å². The van der Waals surface area contributed by atoms with Crippen molar-refractivity contribution in [2.75, 3.05) is 42.9 Å². The smallest absolute Gasteiger partial charge is 0.224 e. The number of hydrogen-bond acceptors (Lipinski definition) is 3. The second-order valence-corrected chi connectivity index (χ2v) is 6.96. The highest BCUT2D eigenvalue weighted by molar-refractivity contribution is 6.36. The third-order valence-electron chi connectivity index (χ3n) is 4.41. The molecule has 3 rings (SSSR count). The number of carbonyl (C=O) groups is 1. The fourth-order valence-electron chi connectivity index (χ4n) is 3.00. The summed E-state index contributed by atoms with van der Waals surface area (Å²) in [6, 6.07) is 11.9. The van der Waals surface area contributed by atoms with Crippen LogP contribution in [0.1, 0.15) is 6.42 Å². The fraction of sp³-hybridized carbons (Fsp3) is 0.316. The first-order chi connectivity index (χ1) is 12.5. The minimum atomic E-state index is -0.226. The van der Waals surface area contributed by atoms with E-state index in [0.717, 1.165) is 5.69 Å². The summed E-state index contributed by atoms with van der Waals surface area (Å²) in [4.78, 5) is 16.2. The molecule has 4 nitrogen and oxygen atoms in total. The molecule has 0 unspecified atom stereocenters. The molecule has 7 heteroatoms. The van der Waals surface area contributed by atoms with Gasteiger partial charge in [-0.15, -0.1) is 0 Å². The normalized spacial score (nSPS) is 14.4. The van der Waals surface area contributed by atoms with E-state index in [-0.39, 0.29) is 11.7 Å². The maximum atomic E-state index is 13.9. The summed E-state index contributed by atoms with van der Waals surface area (Å²) in [6.07, 6.45) is 0.374. The highest BCUT2D eigenvalue weighted by atomic mass is 35.5. The second-order valence-electron chi connectivity index (χ2n) is 6.12. The minimum absolute atomic E-state index is 0.0794. The Bertz CT molecular complexity index is 779. The molecular formula is C19H20Cl2FN3O. The van der Waals surface area contributed by atoms with Crippen LogP contribution in [0.3, 0.4) is 0 Å². The molecule has 1 aliphatic heterocycles. The van der Waals surface area contributed by atoms with Crippen molar-refractivity contribution < 1.29 is 9.18 Å². The summed E-state index contributed by atoms with van der Waals surface area (Å²) in [5.41, 5.74) is 1.35. The van der Waals surface area contributed by atoms with Crippen molar-refractivity contribution in [1.82, 2.24) is 4.90 Å². The molecule has 1 fully saturated rings. The van der Waals surface area contributed by atoms with Gasteiger partial charge in [-0.3, -0.25) is 4.79 Å². The summed E-state index contributed by atoms with van der Waals surface area (Å²) in [5, 5.41) is 4.26. The van der Waals surface area contributed by atoms with Crippen LogP contribution in [0.25, 0.3) is 0 Å². The standard InChI is InChI=1S/C19H20Cl2FN3O/c20-14-5-6-17(15(21)13-14)23-8-7-19(26)25-11-9-24(10-12-25)18-4-2-1-3-16(18)22/h1-6,13,23H,7-12H2. The van der Waals surface area contributed by atoms with Crippen molar-refractivity contribution in [2.24, 2.45) is 0 Å². The number of rotatable bonds is 5. The Morgan fingerprint density at radius 3 is 2.50 bits per heavy atom. The van der Waals surface area contributed by atoms with E-state index in [1.54, 1.807) is 30.3 Å². The lowest BCUT2D eigenvalue weighted by Crippen LogP contribution is -2.49. The van der Waals surface area contributed by atoms with Gasteiger partial charge in [-0.1, -0.05) is 35.3 Å². The molecule has 1 amide bonds. The zero-order chi connectivity index (χ0) is 18.5. The van der Waals surface area contributed by atoms with Crippen LogP contribution in [-0.2, 0) is 4.79 Å². The van der Waals surface area contributed by atoms with Crippen LogP contribution in [-0.4, -0.2) is 43.5 Å². The largest absolute Gasteiger partial charge is 0.383 e. The van der Waals surface area contributed by atoms with Gasteiger partial charge in [0.25, 0.3) is 0 Å². The number of anilines is 2. The molecule has 1 aliphatic rings. The number of nitrogens with one attached hydrogen (secondary N) is 1. The quantitative estimate of drug-likeness (QED) is 0.820. The van der Waals surface area contributed by atoms with Crippen LogP contribution < -0.4 is 10.2 Å². The van der Waals surface area contributed by atoms with Crippen molar-refractivity contribution >= 4 is 40.5 Å². The molecule has 0 aliphatic carbocycles. The molecule has 0 bridgehead atoms. The van der Waals surface area contributed by atoms with E-state index in [1.807, 2.05) is 15.9 Å². The van der Waals surface area contributed by atoms with E-state index in [1.165, 1.54) is 6.07 Å². The highest BCUT2D eigenvalue weighted by Gasteiger charge is 2.22. The average Bonchev–Trinajstić information content (AvgIpc) is 2.64. The first-order valence-corrected chi connectivity index (χ1v) is 9.26. The highest BCUT2D eigenvalue weighted by Crippen LogP contribution is 2.25. The van der Waals surface area contributed by atoms with Crippen LogP contribution in [0.4, 0.5) is 15.8 Å². The van der Waals surface area contributed by atoms with E-state index in [9.17, 15) is 9.18 Å². The molecule has 138 valence electrons. The van der Waals surface area contributed by atoms with E-state index in [0.29, 0.717) is 54.9 Å². The predicted octanol–water partition coefficient (Wildman–Crippen LogP) is 4.28. The Hall–Kier alpha value is -1.98. The lowest BCUT2D eigenvalue weighted by molar-refractivity contribution is -0.131. The number of para-hydroxylation sites is 1. The van der Waals surface area contributed by atoms with Gasteiger partial charge in [0.1, 0.15) is 5.82 Å². The zero-order valence-electron chi connectivity index (χ0n) is 14.2. The maximum Gasteiger partial charge on any atom is 0.224 e. The van der Waals surface area contributed by atoms with E-state index >= 15 is 0 Å². The first-order valence-electron chi connectivity index (χ1n) is 8.51. The van der Waals surface area contributed by atoms with Crippen molar-refractivity contribution in [3.8, 4) is 0 Å². The summed E-state index contributed by atoms with van der Waals surface area (Å²) >= 11 is 12.0. The summed E-state index contributed by atoms with van der Waals surface area (Å²) < 4.78 is 13.9. The molecule has 1 N–H and O–H groups in total. The van der Waals surface area contributed by atoms with Crippen LogP contribution >= 0.6 is 23.2 Å². The van der Waals surface area contributed by atoms with E-state index in [2.05, 4.69) is 5.32 Å². The van der Waals surface area contributed by atoms with Crippen LogP contribution in [0, 0.1) is 5.82 Å². The lowest BCUT2D eigenvalue weighted by atomic mass is 10.2. The predicted molar refractivity (Wildman–Crippen MR) is 105 cm³/mol. The van der Waals surface area contributed by atoms with Gasteiger partial charge in [0.2, 0.25) is 5.91 Å². The first kappa shape index (κ1) is 18.8. The van der Waals surface area contributed by atoms with Crippen molar-refractivity contribution in [3.05, 3.63) is 58.3 Å². The number of benzene rings is 2. The third-order valence-corrected chi connectivity index (χ3v) is 4.96. The Morgan fingerprint density at radius 2 is 1.81 bits per heavy atom. The van der Waals surface area contributed by atoms with Gasteiger partial charge in [-0.05, 0) is 30.3 Å². The van der Waals surface area contributed by atoms with Gasteiger partial charge < -0.3 is 15.1 Å². The molecule has 2 aromatic rings. The summed E-state index contributed by atoms with van der Waals surface area (Å²) in [6.45, 7) is 2.93. The number of carbonyl (C=O) groups excluding carboxylic acids is 1. The van der Waals surface area contributed by atoms with Crippen LogP contribution in [0.15, 0.2) is 42.5 Å². The lowest BCUT2D eigenvalue weighted by Gasteiger charge is -2.36. The molecule has 26 heavy (non-hydrogen) atoms. The van der Waals surface area contributed by atoms with Gasteiger partial charge in [0.15, 0.2) is 0 Å². The van der Waals surface area contributed by atoms with Gasteiger partial charge in [0.05, 0.1) is 16.4 Å². The molecule has 0 atom stereocenters. The molecule has 0 saturated carbocycles. The fourth-order valence-corrected chi connectivity index (χ4v) is 3.48. The Labute approximate surface area is 162 Å². The number of piperazine rings is 1. The number of amides is 1. The van der Waals surface area contributed by atoms with E-state index in [4.69, 9.17) is 23.2 Å². The SMILES string of the molecule is O=C(CCNc1ccc(Cl)cc1Cl)N1CCN(c2ccccc2F)CC1. The van der Waals surface area contributed by atoms with Crippen molar-refractivity contribution in [2.45, 2.75) is 6.42 Å². The second kappa shape index (κ2) is 8.60. The number of halogens is 3. The zero-order valence-corrected chi connectivity index (χ0v) is 15.7. The Balaban J connectivity index is 1.46. The molecule has 1 saturated heterocycles. The van der Waals surface area contributed by atoms with Gasteiger partial charge in [-0.2, -0.15) is 0 Å². The third kappa shape index (κ3) is 4.59. The molecule has 1 heterocycles. The molecule has 2 aromatic carbocycles. The van der Waals surface area contributed by atoms with Gasteiger partial charge >= 0.3 is 0 Å². The summed E-state index contributed by atoms with van der Waals surface area (Å²) in [7, 11) is 0. The Morgan fingerprint density at radius 1 is 1.08 bits per heavy atom. The molecule has 0 radical (unpaired) electrons. The minimum Gasteiger partial charge on any atom is -0.383 e. The monoisotopic (exact) mass is 395 g/mol. The van der Waals surface area contributed by atoms with Gasteiger partial charge in [0, 0.05) is 44.2 Å². The number of hydrogen-bond donors (Lipinski definition) is 1. The van der Waals surface area contributed by atoms with E-state index < -0.39 is 0 Å². The molecule has 0 aromatic heterocycles. The molecule has 0 spiro atoms. The Kier molecular flexibility index (Phi) is 6.22. The summed E-state index contributed by atoms with van der Waals surface area (Å²) in [5.74, 6) is -0.146. The number of nitrogens with zero attached hydrogens (tertiary/aromatic N) is 2.